The molecule has 1 fully saturated rings. The lowest BCUT2D eigenvalue weighted by atomic mass is 9.72. The zero-order chi connectivity index (χ0) is 6.91. The number of hydrogen-bond donors (Lipinski definition) is 1. The van der Waals surface area contributed by atoms with Crippen LogP contribution in [0.5, 0.6) is 0 Å². The number of nitriles is 1. The van der Waals surface area contributed by atoms with Crippen molar-refractivity contribution in [1.29, 1.82) is 5.26 Å². The van der Waals surface area contributed by atoms with Crippen LogP contribution < -0.4 is 0 Å². The normalized spacial score (nSPS) is 25.9. The lowest BCUT2D eigenvalue weighted by Gasteiger charge is -2.38. The van der Waals surface area contributed by atoms with Gasteiger partial charge in [0.15, 0.2) is 0 Å². The van der Waals surface area contributed by atoms with E-state index in [-0.39, 0.29) is 5.92 Å². The first-order valence-corrected chi connectivity index (χ1v) is 3.31. The molecule has 1 aliphatic rings. The van der Waals surface area contributed by atoms with Gasteiger partial charge in [-0.15, -0.1) is 0 Å². The Hall–Kier alpha value is -0.550. The van der Waals surface area contributed by atoms with E-state index in [4.69, 9.17) is 5.26 Å². The molecule has 0 heterocycles. The fourth-order valence-electron chi connectivity index (χ4n) is 1.09. The minimum absolute atomic E-state index is 0.189. The molecule has 1 saturated carbocycles. The van der Waals surface area contributed by atoms with Crippen molar-refractivity contribution >= 4 is 0 Å². The summed E-state index contributed by atoms with van der Waals surface area (Å²) in [7, 11) is 0. The molecule has 0 aliphatic heterocycles. The van der Waals surface area contributed by atoms with Gasteiger partial charge in [-0.2, -0.15) is 5.26 Å². The number of hydrogen-bond acceptors (Lipinski definition) is 2. The van der Waals surface area contributed by atoms with Gasteiger partial charge in [-0.3, -0.25) is 0 Å². The maximum atomic E-state index is 9.46. The van der Waals surface area contributed by atoms with Crippen LogP contribution in [0.2, 0.25) is 0 Å². The zero-order valence-corrected chi connectivity index (χ0v) is 5.59. The van der Waals surface area contributed by atoms with Gasteiger partial charge in [0.25, 0.3) is 0 Å². The maximum absolute atomic E-state index is 9.46. The van der Waals surface area contributed by atoms with Crippen LogP contribution in [0.15, 0.2) is 0 Å². The molecule has 2 heteroatoms. The molecule has 1 atom stereocenters. The molecule has 0 aromatic carbocycles. The molecule has 1 rings (SSSR count). The molecular weight excluding hydrogens is 114 g/mol. The molecule has 2 nitrogen and oxygen atoms in total. The number of nitrogens with zero attached hydrogens (tertiary/aromatic N) is 1. The molecule has 0 amide bonds. The van der Waals surface area contributed by atoms with Crippen LogP contribution in [-0.2, 0) is 0 Å². The summed E-state index contributed by atoms with van der Waals surface area (Å²) in [4.78, 5) is 0. The van der Waals surface area contributed by atoms with Gasteiger partial charge in [-0.25, -0.2) is 0 Å². The molecule has 0 aromatic rings. The zero-order valence-electron chi connectivity index (χ0n) is 5.59. The summed E-state index contributed by atoms with van der Waals surface area (Å²) >= 11 is 0. The van der Waals surface area contributed by atoms with Gasteiger partial charge < -0.3 is 5.11 Å². The average molecular weight is 125 g/mol. The highest BCUT2D eigenvalue weighted by molar-refractivity contribution is 5.00. The molecule has 0 bridgehead atoms. The van der Waals surface area contributed by atoms with E-state index in [0.29, 0.717) is 0 Å². The second-order valence-electron chi connectivity index (χ2n) is 2.81. The third-order valence-electron chi connectivity index (χ3n) is 2.22. The van der Waals surface area contributed by atoms with Crippen molar-refractivity contribution in [3.8, 4) is 6.07 Å². The van der Waals surface area contributed by atoms with Crippen molar-refractivity contribution in [3.05, 3.63) is 0 Å². The summed E-state index contributed by atoms with van der Waals surface area (Å²) in [6.45, 7) is 1.78. The van der Waals surface area contributed by atoms with Crippen molar-refractivity contribution in [3.63, 3.8) is 0 Å². The number of rotatable bonds is 1. The van der Waals surface area contributed by atoms with E-state index in [2.05, 4.69) is 6.07 Å². The summed E-state index contributed by atoms with van der Waals surface area (Å²) in [6, 6.07) is 2.06. The molecule has 1 aliphatic carbocycles. The smallest absolute Gasteiger partial charge is 0.0802 e. The molecule has 0 spiro atoms. The van der Waals surface area contributed by atoms with E-state index in [9.17, 15) is 5.11 Å². The van der Waals surface area contributed by atoms with Crippen LogP contribution in [-0.4, -0.2) is 10.7 Å². The predicted octanol–water partition coefficient (Wildman–Crippen LogP) is 1.06. The largest absolute Gasteiger partial charge is 0.389 e. The molecular formula is C7H11NO. The predicted molar refractivity (Wildman–Crippen MR) is 33.6 cm³/mol. The Morgan fingerprint density at radius 1 is 1.67 bits per heavy atom. The van der Waals surface area contributed by atoms with Crippen LogP contribution >= 0.6 is 0 Å². The first-order valence-electron chi connectivity index (χ1n) is 3.31. The van der Waals surface area contributed by atoms with Crippen LogP contribution in [0.1, 0.15) is 26.2 Å². The van der Waals surface area contributed by atoms with Gasteiger partial charge in [0.2, 0.25) is 0 Å². The van der Waals surface area contributed by atoms with E-state index in [1.807, 2.05) is 0 Å². The average Bonchev–Trinajstić information content (AvgIpc) is 1.81. The molecule has 1 unspecified atom stereocenters. The van der Waals surface area contributed by atoms with Gasteiger partial charge >= 0.3 is 0 Å². The third-order valence-corrected chi connectivity index (χ3v) is 2.22. The van der Waals surface area contributed by atoms with E-state index in [1.54, 1.807) is 6.92 Å². The Bertz CT molecular complexity index is 143. The van der Waals surface area contributed by atoms with Crippen LogP contribution in [0.4, 0.5) is 0 Å². The van der Waals surface area contributed by atoms with Crippen molar-refractivity contribution in [2.24, 2.45) is 5.92 Å². The van der Waals surface area contributed by atoms with E-state index < -0.39 is 5.60 Å². The van der Waals surface area contributed by atoms with Crippen molar-refractivity contribution in [2.75, 3.05) is 0 Å². The Labute approximate surface area is 55.1 Å². The Morgan fingerprint density at radius 2 is 2.22 bits per heavy atom. The molecule has 0 radical (unpaired) electrons. The van der Waals surface area contributed by atoms with Crippen LogP contribution in [0.3, 0.4) is 0 Å². The monoisotopic (exact) mass is 125 g/mol. The lowest BCUT2D eigenvalue weighted by molar-refractivity contribution is -0.0606. The van der Waals surface area contributed by atoms with Gasteiger partial charge in [0.1, 0.15) is 0 Å². The standard InChI is InChI=1S/C7H11NO/c1-6(5-8)7(9)3-2-4-7/h6,9H,2-4H2,1H3. The fourth-order valence-corrected chi connectivity index (χ4v) is 1.09. The summed E-state index contributed by atoms with van der Waals surface area (Å²) in [5, 5.41) is 17.9. The molecule has 1 N–H and O–H groups in total. The highest BCUT2D eigenvalue weighted by Gasteiger charge is 2.39. The van der Waals surface area contributed by atoms with Gasteiger partial charge in [-0.05, 0) is 26.2 Å². The highest BCUT2D eigenvalue weighted by atomic mass is 16.3. The Kier molecular flexibility index (Phi) is 1.46. The summed E-state index contributed by atoms with van der Waals surface area (Å²) in [6.07, 6.45) is 2.69. The van der Waals surface area contributed by atoms with Crippen LogP contribution in [0.25, 0.3) is 0 Å². The first-order chi connectivity index (χ1) is 4.19. The van der Waals surface area contributed by atoms with E-state index in [1.165, 1.54) is 0 Å². The first kappa shape index (κ1) is 6.57. The van der Waals surface area contributed by atoms with Crippen molar-refractivity contribution in [1.82, 2.24) is 0 Å². The minimum Gasteiger partial charge on any atom is -0.389 e. The molecule has 50 valence electrons. The fraction of sp³-hybridized carbons (Fsp3) is 0.857. The van der Waals surface area contributed by atoms with E-state index in [0.717, 1.165) is 19.3 Å². The van der Waals surface area contributed by atoms with E-state index >= 15 is 0 Å². The molecule has 0 aromatic heterocycles. The minimum atomic E-state index is -0.630. The lowest BCUT2D eigenvalue weighted by Crippen LogP contribution is -2.42. The quantitative estimate of drug-likeness (QED) is 0.569. The topological polar surface area (TPSA) is 44.0 Å². The third kappa shape index (κ3) is 0.927. The van der Waals surface area contributed by atoms with Gasteiger partial charge in [-0.1, -0.05) is 0 Å². The maximum Gasteiger partial charge on any atom is 0.0802 e. The highest BCUT2D eigenvalue weighted by Crippen LogP contribution is 2.37. The second-order valence-corrected chi connectivity index (χ2v) is 2.81. The Morgan fingerprint density at radius 3 is 2.33 bits per heavy atom. The summed E-state index contributed by atoms with van der Waals surface area (Å²) < 4.78 is 0. The summed E-state index contributed by atoms with van der Waals surface area (Å²) in [5.74, 6) is -0.189. The molecule has 9 heavy (non-hydrogen) atoms. The van der Waals surface area contributed by atoms with Crippen LogP contribution in [0, 0.1) is 17.2 Å². The van der Waals surface area contributed by atoms with Gasteiger partial charge in [0.05, 0.1) is 17.6 Å². The SMILES string of the molecule is CC(C#N)C1(O)CCC1. The molecule has 0 saturated heterocycles. The van der Waals surface area contributed by atoms with Crippen molar-refractivity contribution < 1.29 is 5.11 Å². The van der Waals surface area contributed by atoms with Crippen molar-refractivity contribution in [2.45, 2.75) is 31.8 Å². The number of aliphatic hydroxyl groups is 1. The Balaban J connectivity index is 2.51. The van der Waals surface area contributed by atoms with Gasteiger partial charge in [0, 0.05) is 0 Å². The second kappa shape index (κ2) is 2.00. The summed E-state index contributed by atoms with van der Waals surface area (Å²) in [5.41, 5.74) is -0.630.